The van der Waals surface area contributed by atoms with E-state index in [1.165, 1.54) is 12.1 Å². The van der Waals surface area contributed by atoms with Gasteiger partial charge in [0.1, 0.15) is 5.75 Å². The van der Waals surface area contributed by atoms with Crippen molar-refractivity contribution in [2.24, 2.45) is 5.92 Å². The number of benzene rings is 1. The van der Waals surface area contributed by atoms with Gasteiger partial charge in [-0.25, -0.2) is 16.8 Å². The fourth-order valence-corrected chi connectivity index (χ4v) is 4.24. The summed E-state index contributed by atoms with van der Waals surface area (Å²) in [5, 5.41) is 0. The van der Waals surface area contributed by atoms with E-state index < -0.39 is 20.2 Å². The Morgan fingerprint density at radius 2 is 1.65 bits per heavy atom. The van der Waals surface area contributed by atoms with Crippen LogP contribution in [-0.4, -0.2) is 27.1 Å². The van der Waals surface area contributed by atoms with Gasteiger partial charge in [0, 0.05) is 0 Å². The first-order chi connectivity index (χ1) is 10.2. The standard InChI is InChI=1S/C14H22O6S2.K/c1-3-5-6-12(4-2)11-21(15,16)14-9-7-13(8-10-14)20-22(17,18)19;/h7-10,12H,3-6,11H2,1-2H3,(H,17,18,19);/q;+1/p-1. The van der Waals surface area contributed by atoms with Crippen molar-refractivity contribution in [3.8, 4) is 5.75 Å². The Labute approximate surface area is 181 Å². The van der Waals surface area contributed by atoms with Gasteiger partial charge in [0.2, 0.25) is 0 Å². The molecule has 6 nitrogen and oxygen atoms in total. The van der Waals surface area contributed by atoms with Gasteiger partial charge < -0.3 is 8.74 Å². The molecule has 1 aromatic carbocycles. The molecule has 1 atom stereocenters. The second-order valence-electron chi connectivity index (χ2n) is 5.16. The molecular weight excluding hydrogens is 367 g/mol. The van der Waals surface area contributed by atoms with Crippen LogP contribution in [-0.2, 0) is 20.2 Å². The average Bonchev–Trinajstić information content (AvgIpc) is 2.42. The van der Waals surface area contributed by atoms with Crippen molar-refractivity contribution in [2.45, 2.75) is 44.4 Å². The second-order valence-corrected chi connectivity index (χ2v) is 8.18. The molecule has 0 heterocycles. The molecule has 0 fully saturated rings. The Morgan fingerprint density at radius 3 is 2.09 bits per heavy atom. The van der Waals surface area contributed by atoms with Crippen LogP contribution in [0.15, 0.2) is 29.2 Å². The Hall–Kier alpha value is 0.516. The van der Waals surface area contributed by atoms with Crippen LogP contribution in [0.1, 0.15) is 39.5 Å². The van der Waals surface area contributed by atoms with Gasteiger partial charge in [-0.15, -0.1) is 0 Å². The molecule has 0 aromatic heterocycles. The van der Waals surface area contributed by atoms with Crippen molar-refractivity contribution >= 4 is 20.2 Å². The largest absolute Gasteiger partial charge is 1.00 e. The molecule has 1 unspecified atom stereocenters. The molecule has 0 bridgehead atoms. The fraction of sp³-hybridized carbons (Fsp3) is 0.571. The minimum atomic E-state index is -4.86. The van der Waals surface area contributed by atoms with E-state index in [1.807, 2.05) is 6.92 Å². The van der Waals surface area contributed by atoms with E-state index in [0.29, 0.717) is 0 Å². The molecule has 0 aliphatic heterocycles. The number of rotatable bonds is 9. The molecule has 0 saturated heterocycles. The summed E-state index contributed by atoms with van der Waals surface area (Å²) in [6, 6.07) is 4.83. The van der Waals surface area contributed by atoms with Gasteiger partial charge in [0.15, 0.2) is 9.84 Å². The Kier molecular flexibility index (Phi) is 10.7. The van der Waals surface area contributed by atoms with E-state index in [9.17, 15) is 21.4 Å². The molecule has 1 aromatic rings. The summed E-state index contributed by atoms with van der Waals surface area (Å²) in [6.45, 7) is 4.02. The summed E-state index contributed by atoms with van der Waals surface area (Å²) >= 11 is 0. The zero-order valence-electron chi connectivity index (χ0n) is 13.7. The van der Waals surface area contributed by atoms with Crippen molar-refractivity contribution in [2.75, 3.05) is 5.75 Å². The number of hydrogen-bond donors (Lipinski definition) is 0. The van der Waals surface area contributed by atoms with E-state index in [4.69, 9.17) is 0 Å². The Morgan fingerprint density at radius 1 is 1.09 bits per heavy atom. The fourth-order valence-electron chi connectivity index (χ4n) is 2.13. The van der Waals surface area contributed by atoms with E-state index in [2.05, 4.69) is 11.1 Å². The molecule has 0 spiro atoms. The van der Waals surface area contributed by atoms with Crippen LogP contribution in [0.25, 0.3) is 0 Å². The van der Waals surface area contributed by atoms with Gasteiger partial charge in [-0.3, -0.25) is 0 Å². The summed E-state index contributed by atoms with van der Waals surface area (Å²) in [7, 11) is -8.30. The predicted molar refractivity (Wildman–Crippen MR) is 82.1 cm³/mol. The summed E-state index contributed by atoms with van der Waals surface area (Å²) in [6.07, 6.45) is 3.66. The van der Waals surface area contributed by atoms with Crippen molar-refractivity contribution in [3.63, 3.8) is 0 Å². The predicted octanol–water partition coefficient (Wildman–Crippen LogP) is -0.480. The van der Waals surface area contributed by atoms with Crippen LogP contribution in [0.4, 0.5) is 0 Å². The summed E-state index contributed by atoms with van der Waals surface area (Å²) in [5.74, 6) is -0.0429. The van der Waals surface area contributed by atoms with E-state index in [1.54, 1.807) is 0 Å². The van der Waals surface area contributed by atoms with Crippen LogP contribution in [0.2, 0.25) is 0 Å². The van der Waals surface area contributed by atoms with Gasteiger partial charge in [-0.05, 0) is 36.6 Å². The van der Waals surface area contributed by atoms with Crippen LogP contribution in [0.5, 0.6) is 5.75 Å². The topological polar surface area (TPSA) is 101 Å². The van der Waals surface area contributed by atoms with Crippen molar-refractivity contribution < 1.29 is 77.0 Å². The van der Waals surface area contributed by atoms with E-state index >= 15 is 0 Å². The third-order valence-electron chi connectivity index (χ3n) is 3.38. The quantitative estimate of drug-likeness (QED) is 0.322. The van der Waals surface area contributed by atoms with Crippen LogP contribution >= 0.6 is 0 Å². The third-order valence-corrected chi connectivity index (χ3v) is 5.68. The molecule has 0 N–H and O–H groups in total. The smallest absolute Gasteiger partial charge is 0.716 e. The van der Waals surface area contributed by atoms with Crippen LogP contribution in [0, 0.1) is 5.92 Å². The maximum absolute atomic E-state index is 12.3. The minimum absolute atomic E-state index is 0. The number of unbranched alkanes of at least 4 members (excludes halogenated alkanes) is 1. The Balaban J connectivity index is 0.00000484. The maximum atomic E-state index is 12.3. The van der Waals surface area contributed by atoms with E-state index in [-0.39, 0.29) is 73.7 Å². The molecule has 0 aliphatic carbocycles. The van der Waals surface area contributed by atoms with Crippen molar-refractivity contribution in [1.29, 1.82) is 0 Å². The molecule has 1 rings (SSSR count). The van der Waals surface area contributed by atoms with Crippen LogP contribution < -0.4 is 55.6 Å². The van der Waals surface area contributed by atoms with Crippen LogP contribution in [0.3, 0.4) is 0 Å². The molecule has 0 aliphatic rings. The van der Waals surface area contributed by atoms with Gasteiger partial charge in [0.25, 0.3) is 10.4 Å². The SMILES string of the molecule is CCCCC(CC)CS(=O)(=O)c1ccc(OS(=O)(=O)[O-])cc1.[K+]. The summed E-state index contributed by atoms with van der Waals surface area (Å²) in [4.78, 5) is 0.0955. The molecule has 0 amide bonds. The third kappa shape index (κ3) is 8.96. The summed E-state index contributed by atoms with van der Waals surface area (Å²) < 4.78 is 60.2. The normalized spacial score (nSPS) is 13.2. The number of hydrogen-bond acceptors (Lipinski definition) is 6. The van der Waals surface area contributed by atoms with Crippen molar-refractivity contribution in [3.05, 3.63) is 24.3 Å². The molecule has 126 valence electrons. The molecule has 23 heavy (non-hydrogen) atoms. The Bertz CT molecular complexity index is 668. The molecule has 0 saturated carbocycles. The zero-order valence-corrected chi connectivity index (χ0v) is 18.4. The number of sulfone groups is 1. The first kappa shape index (κ1) is 23.5. The summed E-state index contributed by atoms with van der Waals surface area (Å²) in [5.41, 5.74) is 0. The van der Waals surface area contributed by atoms with Gasteiger partial charge in [0.05, 0.1) is 10.6 Å². The van der Waals surface area contributed by atoms with Crippen molar-refractivity contribution in [1.82, 2.24) is 0 Å². The van der Waals surface area contributed by atoms with Gasteiger partial charge in [-0.2, -0.15) is 0 Å². The molecular formula is C14H21KO6S2. The minimum Gasteiger partial charge on any atom is -0.716 e. The maximum Gasteiger partial charge on any atom is 1.00 e. The zero-order chi connectivity index (χ0) is 16.8. The first-order valence-electron chi connectivity index (χ1n) is 7.16. The van der Waals surface area contributed by atoms with E-state index in [0.717, 1.165) is 37.8 Å². The monoisotopic (exact) mass is 388 g/mol. The van der Waals surface area contributed by atoms with Gasteiger partial charge >= 0.3 is 51.4 Å². The molecule has 0 radical (unpaired) electrons. The first-order valence-corrected chi connectivity index (χ1v) is 10.1. The average molecular weight is 389 g/mol. The second kappa shape index (κ2) is 10.5. The molecule has 9 heteroatoms. The van der Waals surface area contributed by atoms with Gasteiger partial charge in [-0.1, -0.05) is 33.1 Å².